The SMILES string of the molecule is Cc1cccc(N2CN(CCO)Cn3c2nc(C)c(C)c3=O)c1C. The summed E-state index contributed by atoms with van der Waals surface area (Å²) in [6.07, 6.45) is 0. The van der Waals surface area contributed by atoms with Crippen molar-refractivity contribution in [2.45, 2.75) is 34.4 Å². The van der Waals surface area contributed by atoms with Gasteiger partial charge in [0.2, 0.25) is 5.95 Å². The van der Waals surface area contributed by atoms with Crippen LogP contribution in [0.1, 0.15) is 22.4 Å². The summed E-state index contributed by atoms with van der Waals surface area (Å²) < 4.78 is 1.70. The molecule has 6 heteroatoms. The lowest BCUT2D eigenvalue weighted by Gasteiger charge is -2.38. The smallest absolute Gasteiger partial charge is 0.259 e. The number of fused-ring (bicyclic) bond motifs is 1. The van der Waals surface area contributed by atoms with Crippen molar-refractivity contribution in [3.63, 3.8) is 0 Å². The highest BCUT2D eigenvalue weighted by atomic mass is 16.3. The Kier molecular flexibility index (Phi) is 4.43. The van der Waals surface area contributed by atoms with Gasteiger partial charge in [0, 0.05) is 23.5 Å². The molecule has 6 nitrogen and oxygen atoms in total. The monoisotopic (exact) mass is 328 g/mol. The number of aliphatic hydroxyl groups excluding tert-OH is 1. The van der Waals surface area contributed by atoms with Crippen LogP contribution in [0.15, 0.2) is 23.0 Å². The van der Waals surface area contributed by atoms with Crippen molar-refractivity contribution in [1.29, 1.82) is 0 Å². The number of hydrogen-bond donors (Lipinski definition) is 1. The van der Waals surface area contributed by atoms with Crippen LogP contribution in [0.25, 0.3) is 0 Å². The summed E-state index contributed by atoms with van der Waals surface area (Å²) in [5.74, 6) is 0.672. The van der Waals surface area contributed by atoms with E-state index in [-0.39, 0.29) is 12.2 Å². The van der Waals surface area contributed by atoms with Crippen molar-refractivity contribution in [2.75, 3.05) is 24.7 Å². The number of aliphatic hydroxyl groups is 1. The lowest BCUT2D eigenvalue weighted by molar-refractivity contribution is 0.152. The summed E-state index contributed by atoms with van der Waals surface area (Å²) in [6.45, 7) is 9.46. The number of benzene rings is 1. The summed E-state index contributed by atoms with van der Waals surface area (Å²) >= 11 is 0. The Labute approximate surface area is 142 Å². The fourth-order valence-electron chi connectivity index (χ4n) is 3.08. The number of β-amino-alcohol motifs (C(OH)–C–C–N with tert-alkyl or cyclic N) is 1. The Bertz CT molecular complexity index is 828. The summed E-state index contributed by atoms with van der Waals surface area (Å²) in [5, 5.41) is 9.33. The Morgan fingerprint density at radius 3 is 2.58 bits per heavy atom. The number of hydrogen-bond acceptors (Lipinski definition) is 5. The first-order valence-electron chi connectivity index (χ1n) is 8.19. The predicted molar refractivity (Wildman–Crippen MR) is 94.7 cm³/mol. The normalized spacial score (nSPS) is 14.8. The molecule has 24 heavy (non-hydrogen) atoms. The van der Waals surface area contributed by atoms with E-state index >= 15 is 0 Å². The number of nitrogens with zero attached hydrogens (tertiary/aromatic N) is 4. The lowest BCUT2D eigenvalue weighted by atomic mass is 10.1. The van der Waals surface area contributed by atoms with Gasteiger partial charge in [0.15, 0.2) is 0 Å². The molecule has 1 aromatic heterocycles. The fraction of sp³-hybridized carbons (Fsp3) is 0.444. The number of anilines is 2. The van der Waals surface area contributed by atoms with Gasteiger partial charge in [0.1, 0.15) is 0 Å². The maximum Gasteiger partial charge on any atom is 0.259 e. The molecule has 0 aliphatic carbocycles. The second kappa shape index (κ2) is 6.37. The van der Waals surface area contributed by atoms with Crippen LogP contribution in [0.2, 0.25) is 0 Å². The molecule has 3 rings (SSSR count). The predicted octanol–water partition coefficient (Wildman–Crippen LogP) is 1.84. The Hall–Kier alpha value is -2.18. The molecule has 128 valence electrons. The molecule has 0 unspecified atom stereocenters. The minimum atomic E-state index is -0.0181. The van der Waals surface area contributed by atoms with Gasteiger partial charge in [0.05, 0.1) is 19.9 Å². The molecule has 1 aromatic carbocycles. The molecule has 0 atom stereocenters. The van der Waals surface area contributed by atoms with E-state index in [0.29, 0.717) is 31.4 Å². The second-order valence-electron chi connectivity index (χ2n) is 6.40. The van der Waals surface area contributed by atoms with Crippen molar-refractivity contribution in [3.05, 3.63) is 50.9 Å². The highest BCUT2D eigenvalue weighted by Crippen LogP contribution is 2.31. The molecule has 0 saturated heterocycles. The molecular weight excluding hydrogens is 304 g/mol. The van der Waals surface area contributed by atoms with Gasteiger partial charge in [0.25, 0.3) is 5.56 Å². The van der Waals surface area contributed by atoms with Crippen molar-refractivity contribution in [3.8, 4) is 0 Å². The quantitative estimate of drug-likeness (QED) is 0.931. The van der Waals surface area contributed by atoms with Gasteiger partial charge < -0.3 is 5.11 Å². The van der Waals surface area contributed by atoms with Gasteiger partial charge in [-0.15, -0.1) is 0 Å². The zero-order chi connectivity index (χ0) is 17.4. The van der Waals surface area contributed by atoms with Gasteiger partial charge in [-0.05, 0) is 44.9 Å². The van der Waals surface area contributed by atoms with Crippen molar-refractivity contribution in [1.82, 2.24) is 14.5 Å². The number of rotatable bonds is 3. The third kappa shape index (κ3) is 2.72. The first-order chi connectivity index (χ1) is 11.4. The largest absolute Gasteiger partial charge is 0.395 e. The van der Waals surface area contributed by atoms with E-state index in [2.05, 4.69) is 30.9 Å². The van der Waals surface area contributed by atoms with E-state index in [1.165, 1.54) is 11.1 Å². The Balaban J connectivity index is 2.20. The van der Waals surface area contributed by atoms with Crippen LogP contribution in [0.3, 0.4) is 0 Å². The van der Waals surface area contributed by atoms with Crippen molar-refractivity contribution >= 4 is 11.6 Å². The lowest BCUT2D eigenvalue weighted by Crippen LogP contribution is -2.48. The van der Waals surface area contributed by atoms with Crippen LogP contribution in [-0.4, -0.2) is 39.4 Å². The summed E-state index contributed by atoms with van der Waals surface area (Å²) in [6, 6.07) is 6.15. The van der Waals surface area contributed by atoms with E-state index in [0.717, 1.165) is 11.4 Å². The molecule has 0 spiro atoms. The molecule has 0 bridgehead atoms. The molecule has 1 aliphatic rings. The topological polar surface area (TPSA) is 61.6 Å². The first-order valence-corrected chi connectivity index (χ1v) is 8.19. The summed E-state index contributed by atoms with van der Waals surface area (Å²) in [4.78, 5) is 21.5. The molecule has 2 heterocycles. The zero-order valence-corrected chi connectivity index (χ0v) is 14.7. The average Bonchev–Trinajstić information content (AvgIpc) is 2.56. The Morgan fingerprint density at radius 2 is 1.88 bits per heavy atom. The average molecular weight is 328 g/mol. The maximum atomic E-state index is 12.7. The molecule has 0 fully saturated rings. The number of aromatic nitrogens is 2. The standard InChI is InChI=1S/C18H24N4O2/c1-12-6-5-7-16(13(12)2)21-10-20(8-9-23)11-22-17(24)14(3)15(4)19-18(21)22/h5-7,23H,8-11H2,1-4H3. The van der Waals surface area contributed by atoms with E-state index < -0.39 is 0 Å². The molecule has 1 aliphatic heterocycles. The third-order valence-corrected chi connectivity index (χ3v) is 4.83. The van der Waals surface area contributed by atoms with Crippen LogP contribution in [0.4, 0.5) is 11.6 Å². The maximum absolute atomic E-state index is 12.7. The minimum absolute atomic E-state index is 0.0181. The van der Waals surface area contributed by atoms with E-state index in [1.54, 1.807) is 4.57 Å². The minimum Gasteiger partial charge on any atom is -0.395 e. The first kappa shape index (κ1) is 16.7. The van der Waals surface area contributed by atoms with Crippen LogP contribution in [-0.2, 0) is 6.67 Å². The van der Waals surface area contributed by atoms with Gasteiger partial charge in [-0.25, -0.2) is 4.98 Å². The molecule has 0 radical (unpaired) electrons. The second-order valence-corrected chi connectivity index (χ2v) is 6.40. The van der Waals surface area contributed by atoms with Crippen LogP contribution in [0.5, 0.6) is 0 Å². The van der Waals surface area contributed by atoms with E-state index in [4.69, 9.17) is 4.98 Å². The van der Waals surface area contributed by atoms with Crippen LogP contribution < -0.4 is 10.5 Å². The number of aryl methyl sites for hydroxylation is 2. The van der Waals surface area contributed by atoms with Gasteiger partial charge in [-0.2, -0.15) is 0 Å². The van der Waals surface area contributed by atoms with E-state index in [9.17, 15) is 9.90 Å². The van der Waals surface area contributed by atoms with Gasteiger partial charge in [-0.1, -0.05) is 12.1 Å². The fourth-order valence-corrected chi connectivity index (χ4v) is 3.08. The summed E-state index contributed by atoms with van der Waals surface area (Å²) in [5.41, 5.74) is 4.83. The van der Waals surface area contributed by atoms with Gasteiger partial charge >= 0.3 is 0 Å². The van der Waals surface area contributed by atoms with Crippen molar-refractivity contribution in [2.24, 2.45) is 0 Å². The Morgan fingerprint density at radius 1 is 1.12 bits per heavy atom. The van der Waals surface area contributed by atoms with Gasteiger partial charge in [-0.3, -0.25) is 19.2 Å². The molecule has 0 amide bonds. The molecule has 0 saturated carbocycles. The molecular formula is C18H24N4O2. The van der Waals surface area contributed by atoms with Crippen molar-refractivity contribution < 1.29 is 5.11 Å². The van der Waals surface area contributed by atoms with Crippen LogP contribution in [0, 0.1) is 27.7 Å². The molecule has 1 N–H and O–H groups in total. The summed E-state index contributed by atoms with van der Waals surface area (Å²) in [7, 11) is 0. The third-order valence-electron chi connectivity index (χ3n) is 4.83. The highest BCUT2D eigenvalue weighted by molar-refractivity contribution is 5.64. The molecule has 2 aromatic rings. The zero-order valence-electron chi connectivity index (χ0n) is 14.7. The highest BCUT2D eigenvalue weighted by Gasteiger charge is 2.27. The van der Waals surface area contributed by atoms with E-state index in [1.807, 2.05) is 24.8 Å². The van der Waals surface area contributed by atoms with Crippen LogP contribution >= 0.6 is 0 Å².